The maximum absolute atomic E-state index is 10.8. The molecule has 0 amide bonds. The zero-order chi connectivity index (χ0) is 14.3. The van der Waals surface area contributed by atoms with Gasteiger partial charge in [-0.15, -0.1) is 0 Å². The van der Waals surface area contributed by atoms with E-state index in [4.69, 9.17) is 14.6 Å². The van der Waals surface area contributed by atoms with E-state index in [-0.39, 0.29) is 5.69 Å². The van der Waals surface area contributed by atoms with Crippen LogP contribution in [0.2, 0.25) is 0 Å². The Morgan fingerprint density at radius 2 is 1.89 bits per heavy atom. The van der Waals surface area contributed by atoms with Crippen LogP contribution in [-0.2, 0) is 9.31 Å². The van der Waals surface area contributed by atoms with Gasteiger partial charge in [-0.3, -0.25) is 9.78 Å². The number of nitriles is 1. The lowest BCUT2D eigenvalue weighted by Gasteiger charge is -2.32. The average molecular weight is 258 g/mol. The monoisotopic (exact) mass is 258 g/mol. The molecule has 0 aromatic carbocycles. The summed E-state index contributed by atoms with van der Waals surface area (Å²) < 4.78 is 11.8. The van der Waals surface area contributed by atoms with Gasteiger partial charge in [0, 0.05) is 11.7 Å². The van der Waals surface area contributed by atoms with Gasteiger partial charge in [-0.1, -0.05) is 0 Å². The van der Waals surface area contributed by atoms with Crippen molar-refractivity contribution in [1.82, 2.24) is 4.98 Å². The largest absolute Gasteiger partial charge is 0.496 e. The van der Waals surface area contributed by atoms with Gasteiger partial charge >= 0.3 is 7.12 Å². The smallest absolute Gasteiger partial charge is 0.399 e. The molecule has 1 aromatic heterocycles. The van der Waals surface area contributed by atoms with Crippen molar-refractivity contribution in [3.05, 3.63) is 23.5 Å². The zero-order valence-electron chi connectivity index (χ0n) is 11.4. The summed E-state index contributed by atoms with van der Waals surface area (Å²) in [5.41, 5.74) is 0.162. The Bertz CT molecular complexity index is 547. The van der Waals surface area contributed by atoms with E-state index < -0.39 is 18.3 Å². The van der Waals surface area contributed by atoms with E-state index in [2.05, 4.69) is 4.98 Å². The van der Waals surface area contributed by atoms with Crippen LogP contribution >= 0.6 is 0 Å². The Morgan fingerprint density at radius 1 is 1.32 bits per heavy atom. The highest BCUT2D eigenvalue weighted by molar-refractivity contribution is 6.63. The number of nitrogens with zero attached hydrogens (tertiary/aromatic N) is 2. The SMILES string of the molecule is CC1(C)OB(c2cc(C=O)ncc2C#N)OC1(C)C. The van der Waals surface area contributed by atoms with E-state index in [0.717, 1.165) is 0 Å². The number of hydrogen-bond acceptors (Lipinski definition) is 5. The van der Waals surface area contributed by atoms with Crippen LogP contribution in [0.1, 0.15) is 43.7 Å². The van der Waals surface area contributed by atoms with Gasteiger partial charge in [0.1, 0.15) is 11.8 Å². The summed E-state index contributed by atoms with van der Waals surface area (Å²) in [5.74, 6) is 0. The van der Waals surface area contributed by atoms with E-state index in [9.17, 15) is 4.79 Å². The van der Waals surface area contributed by atoms with E-state index >= 15 is 0 Å². The minimum absolute atomic E-state index is 0.253. The molecule has 1 fully saturated rings. The summed E-state index contributed by atoms with van der Waals surface area (Å²) >= 11 is 0. The van der Waals surface area contributed by atoms with Crippen molar-refractivity contribution in [2.24, 2.45) is 0 Å². The molecule has 0 spiro atoms. The standard InChI is InChI=1S/C13H15BN2O3/c1-12(2)13(3,4)19-14(18-12)11-5-10(8-17)16-7-9(11)6-15/h5,7-8H,1-4H3. The molecule has 98 valence electrons. The summed E-state index contributed by atoms with van der Waals surface area (Å²) in [7, 11) is -0.665. The third-order valence-electron chi connectivity index (χ3n) is 3.71. The molecule has 1 aromatic rings. The number of pyridine rings is 1. The predicted octanol–water partition coefficient (Wildman–Crippen LogP) is 1.06. The molecule has 1 saturated heterocycles. The molecule has 2 rings (SSSR count). The van der Waals surface area contributed by atoms with Crippen LogP contribution in [0.3, 0.4) is 0 Å². The Hall–Kier alpha value is -1.71. The van der Waals surface area contributed by atoms with E-state index in [0.29, 0.717) is 17.3 Å². The van der Waals surface area contributed by atoms with Crippen molar-refractivity contribution in [2.75, 3.05) is 0 Å². The summed E-state index contributed by atoms with van der Waals surface area (Å²) in [5, 5.41) is 9.11. The van der Waals surface area contributed by atoms with Gasteiger partial charge in [-0.2, -0.15) is 5.26 Å². The van der Waals surface area contributed by atoms with Gasteiger partial charge in [-0.05, 0) is 33.8 Å². The highest BCUT2D eigenvalue weighted by atomic mass is 16.7. The van der Waals surface area contributed by atoms with Crippen molar-refractivity contribution in [3.63, 3.8) is 0 Å². The molecule has 0 atom stereocenters. The normalized spacial score (nSPS) is 20.1. The molecular formula is C13H15BN2O3. The highest BCUT2D eigenvalue weighted by Crippen LogP contribution is 2.36. The Balaban J connectivity index is 2.44. The molecule has 0 bridgehead atoms. The second-order valence-corrected chi connectivity index (χ2v) is 5.51. The lowest BCUT2D eigenvalue weighted by molar-refractivity contribution is 0.00578. The average Bonchev–Trinajstić information content (AvgIpc) is 2.57. The van der Waals surface area contributed by atoms with Crippen molar-refractivity contribution in [2.45, 2.75) is 38.9 Å². The van der Waals surface area contributed by atoms with Crippen molar-refractivity contribution < 1.29 is 14.1 Å². The molecule has 1 aliphatic heterocycles. The Labute approximate surface area is 112 Å². The number of rotatable bonds is 2. The minimum atomic E-state index is -0.665. The third kappa shape index (κ3) is 2.27. The van der Waals surface area contributed by atoms with Crippen LogP contribution in [0, 0.1) is 11.3 Å². The van der Waals surface area contributed by atoms with Gasteiger partial charge < -0.3 is 9.31 Å². The quantitative estimate of drug-likeness (QED) is 0.586. The van der Waals surface area contributed by atoms with Crippen LogP contribution in [0.25, 0.3) is 0 Å². The van der Waals surface area contributed by atoms with Crippen LogP contribution in [0.4, 0.5) is 0 Å². The summed E-state index contributed by atoms with van der Waals surface area (Å²) in [4.78, 5) is 14.7. The first-order valence-corrected chi connectivity index (χ1v) is 6.01. The molecular weight excluding hydrogens is 243 g/mol. The van der Waals surface area contributed by atoms with E-state index in [1.54, 1.807) is 0 Å². The molecule has 0 aliphatic carbocycles. The predicted molar refractivity (Wildman–Crippen MR) is 70.1 cm³/mol. The number of carbonyl (C=O) groups is 1. The van der Waals surface area contributed by atoms with Gasteiger partial charge in [0.25, 0.3) is 0 Å². The number of aromatic nitrogens is 1. The summed E-state index contributed by atoms with van der Waals surface area (Å²) in [6.45, 7) is 7.73. The first kappa shape index (κ1) is 13.7. The molecule has 19 heavy (non-hydrogen) atoms. The first-order chi connectivity index (χ1) is 8.80. The first-order valence-electron chi connectivity index (χ1n) is 6.01. The van der Waals surface area contributed by atoms with Gasteiger partial charge in [0.05, 0.1) is 16.8 Å². The molecule has 5 nitrogen and oxygen atoms in total. The Morgan fingerprint density at radius 3 is 2.37 bits per heavy atom. The number of aldehydes is 1. The second-order valence-electron chi connectivity index (χ2n) is 5.51. The maximum Gasteiger partial charge on any atom is 0.496 e. The third-order valence-corrected chi connectivity index (χ3v) is 3.71. The van der Waals surface area contributed by atoms with Crippen molar-refractivity contribution >= 4 is 18.9 Å². The fraction of sp³-hybridized carbons (Fsp3) is 0.462. The molecule has 0 N–H and O–H groups in total. The van der Waals surface area contributed by atoms with Crippen molar-refractivity contribution in [1.29, 1.82) is 5.26 Å². The fourth-order valence-corrected chi connectivity index (χ4v) is 1.81. The summed E-state index contributed by atoms with van der Waals surface area (Å²) in [6, 6.07) is 3.58. The van der Waals surface area contributed by atoms with Crippen LogP contribution in [0.5, 0.6) is 0 Å². The molecule has 6 heteroatoms. The van der Waals surface area contributed by atoms with Crippen molar-refractivity contribution in [3.8, 4) is 6.07 Å². The molecule has 0 radical (unpaired) electrons. The number of carbonyl (C=O) groups excluding carboxylic acids is 1. The van der Waals surface area contributed by atoms with Crippen LogP contribution in [-0.4, -0.2) is 29.6 Å². The van der Waals surface area contributed by atoms with Gasteiger partial charge in [0.15, 0.2) is 6.29 Å². The van der Waals surface area contributed by atoms with E-state index in [1.807, 2.05) is 33.8 Å². The minimum Gasteiger partial charge on any atom is -0.399 e. The molecule has 0 saturated carbocycles. The van der Waals surface area contributed by atoms with E-state index in [1.165, 1.54) is 12.3 Å². The topological polar surface area (TPSA) is 72.2 Å². The van der Waals surface area contributed by atoms with Crippen LogP contribution in [0.15, 0.2) is 12.3 Å². The van der Waals surface area contributed by atoms with Crippen LogP contribution < -0.4 is 5.46 Å². The Kier molecular flexibility index (Phi) is 3.21. The lowest BCUT2D eigenvalue weighted by atomic mass is 9.76. The molecule has 0 unspecified atom stereocenters. The maximum atomic E-state index is 10.8. The van der Waals surface area contributed by atoms with Gasteiger partial charge in [0.2, 0.25) is 0 Å². The van der Waals surface area contributed by atoms with Gasteiger partial charge in [-0.25, -0.2) is 0 Å². The molecule has 2 heterocycles. The second kappa shape index (κ2) is 4.44. The molecule has 1 aliphatic rings. The number of hydrogen-bond donors (Lipinski definition) is 0. The lowest BCUT2D eigenvalue weighted by Crippen LogP contribution is -2.41. The highest BCUT2D eigenvalue weighted by Gasteiger charge is 2.52. The zero-order valence-corrected chi connectivity index (χ0v) is 11.4. The summed E-state index contributed by atoms with van der Waals surface area (Å²) in [6.07, 6.45) is 2.00. The fourth-order valence-electron chi connectivity index (χ4n) is 1.81.